The summed E-state index contributed by atoms with van der Waals surface area (Å²) in [5.74, 6) is 1.00. The maximum atomic E-state index is 12.8. The topological polar surface area (TPSA) is 55.8 Å². The van der Waals surface area contributed by atoms with Crippen LogP contribution < -0.4 is 9.47 Å². The second kappa shape index (κ2) is 9.98. The lowest BCUT2D eigenvalue weighted by Crippen LogP contribution is -2.30. The van der Waals surface area contributed by atoms with Crippen LogP contribution in [0.3, 0.4) is 0 Å². The van der Waals surface area contributed by atoms with Gasteiger partial charge in [0.25, 0.3) is 11.1 Å². The van der Waals surface area contributed by atoms with E-state index in [4.69, 9.17) is 9.47 Å². The minimum absolute atomic E-state index is 0.250. The lowest BCUT2D eigenvalue weighted by Gasteiger charge is -2.13. The third-order valence-electron chi connectivity index (χ3n) is 4.29. The Morgan fingerprint density at radius 2 is 1.72 bits per heavy atom. The molecule has 0 aliphatic carbocycles. The Labute approximate surface area is 183 Å². The number of carbonyl (C=O) groups is 2. The van der Waals surface area contributed by atoms with E-state index in [0.29, 0.717) is 42.6 Å². The highest BCUT2D eigenvalue weighted by Gasteiger charge is 2.34. The fraction of sp³-hybridized carbons (Fsp3) is 0.273. The molecular formula is C22H22BrNO4S. The van der Waals surface area contributed by atoms with Crippen LogP contribution in [0.2, 0.25) is 0 Å². The van der Waals surface area contributed by atoms with Crippen molar-refractivity contribution in [2.24, 2.45) is 0 Å². The molecule has 29 heavy (non-hydrogen) atoms. The molecule has 0 N–H and O–H groups in total. The van der Waals surface area contributed by atoms with Crippen LogP contribution in [0.25, 0.3) is 6.08 Å². The number of ether oxygens (including phenoxy) is 2. The van der Waals surface area contributed by atoms with Crippen LogP contribution in [-0.2, 0) is 11.2 Å². The van der Waals surface area contributed by atoms with Gasteiger partial charge in [0.15, 0.2) is 0 Å². The molecule has 2 aromatic rings. The van der Waals surface area contributed by atoms with Gasteiger partial charge in [0.05, 0.1) is 22.6 Å². The Hall–Kier alpha value is -2.25. The fourth-order valence-corrected chi connectivity index (χ4v) is 4.26. The molecule has 0 radical (unpaired) electrons. The Bertz CT molecular complexity index is 930. The number of halogens is 1. The van der Waals surface area contributed by atoms with Crippen molar-refractivity contribution in [1.82, 2.24) is 4.90 Å². The van der Waals surface area contributed by atoms with Crippen LogP contribution in [0.4, 0.5) is 4.79 Å². The summed E-state index contributed by atoms with van der Waals surface area (Å²) >= 11 is 4.45. The van der Waals surface area contributed by atoms with Crippen molar-refractivity contribution in [3.8, 4) is 11.5 Å². The first-order chi connectivity index (χ1) is 14.0. The van der Waals surface area contributed by atoms with Crippen molar-refractivity contribution in [3.63, 3.8) is 0 Å². The molecule has 152 valence electrons. The highest BCUT2D eigenvalue weighted by Crippen LogP contribution is 2.38. The summed E-state index contributed by atoms with van der Waals surface area (Å²) in [6.07, 6.45) is 2.34. The summed E-state index contributed by atoms with van der Waals surface area (Å²) in [4.78, 5) is 26.9. The normalized spacial score (nSPS) is 15.3. The van der Waals surface area contributed by atoms with E-state index < -0.39 is 0 Å². The molecule has 3 rings (SSSR count). The lowest BCUT2D eigenvalue weighted by atomic mass is 10.1. The Kier molecular flexibility index (Phi) is 7.39. The molecule has 7 heteroatoms. The average molecular weight is 476 g/mol. The summed E-state index contributed by atoms with van der Waals surface area (Å²) in [6.45, 7) is 5.17. The molecule has 5 nitrogen and oxygen atoms in total. The van der Waals surface area contributed by atoms with Gasteiger partial charge in [-0.1, -0.05) is 30.3 Å². The van der Waals surface area contributed by atoms with Crippen LogP contribution in [0, 0.1) is 0 Å². The van der Waals surface area contributed by atoms with Gasteiger partial charge in [-0.3, -0.25) is 14.5 Å². The Morgan fingerprint density at radius 3 is 2.41 bits per heavy atom. The summed E-state index contributed by atoms with van der Waals surface area (Å²) in [7, 11) is 0. The van der Waals surface area contributed by atoms with Crippen LogP contribution in [0.15, 0.2) is 51.8 Å². The second-order valence-electron chi connectivity index (χ2n) is 6.26. The maximum Gasteiger partial charge on any atom is 0.293 e. The number of amides is 2. The van der Waals surface area contributed by atoms with Crippen LogP contribution in [-0.4, -0.2) is 35.8 Å². The van der Waals surface area contributed by atoms with E-state index in [1.54, 1.807) is 12.1 Å². The summed E-state index contributed by atoms with van der Waals surface area (Å²) in [5, 5.41) is -0.250. The molecule has 0 aromatic heterocycles. The smallest absolute Gasteiger partial charge is 0.293 e. The molecule has 0 saturated carbocycles. The fourth-order valence-electron chi connectivity index (χ4n) is 2.93. The van der Waals surface area contributed by atoms with E-state index in [0.717, 1.165) is 27.4 Å². The second-order valence-corrected chi connectivity index (χ2v) is 8.10. The van der Waals surface area contributed by atoms with Gasteiger partial charge in [-0.15, -0.1) is 0 Å². The zero-order chi connectivity index (χ0) is 20.8. The number of carbonyl (C=O) groups excluding carboxylic acids is 2. The summed E-state index contributed by atoms with van der Waals surface area (Å²) < 4.78 is 12.1. The van der Waals surface area contributed by atoms with Gasteiger partial charge in [0.2, 0.25) is 0 Å². The molecular weight excluding hydrogens is 454 g/mol. The van der Waals surface area contributed by atoms with E-state index in [9.17, 15) is 9.59 Å². The first-order valence-electron chi connectivity index (χ1n) is 9.42. The van der Waals surface area contributed by atoms with Crippen LogP contribution in [0.5, 0.6) is 11.5 Å². The maximum absolute atomic E-state index is 12.8. The third kappa shape index (κ3) is 5.22. The predicted octanol–water partition coefficient (Wildman–Crippen LogP) is 5.53. The molecule has 1 aliphatic heterocycles. The summed E-state index contributed by atoms with van der Waals surface area (Å²) in [5.41, 5.74) is 1.81. The molecule has 2 amide bonds. The van der Waals surface area contributed by atoms with E-state index in [2.05, 4.69) is 15.9 Å². The molecule has 0 unspecified atom stereocenters. The molecule has 2 aromatic carbocycles. The largest absolute Gasteiger partial charge is 0.493 e. The first-order valence-corrected chi connectivity index (χ1v) is 11.0. The SMILES string of the molecule is CCOc1cc(OCC)c(/C=C2\SC(=O)N(CCc3ccccc3)C2=O)cc1Br. The highest BCUT2D eigenvalue weighted by atomic mass is 79.9. The number of rotatable bonds is 8. The van der Waals surface area contributed by atoms with Gasteiger partial charge in [-0.25, -0.2) is 0 Å². The third-order valence-corrected chi connectivity index (χ3v) is 5.82. The number of thioether (sulfide) groups is 1. The minimum Gasteiger partial charge on any atom is -0.493 e. The Balaban J connectivity index is 1.82. The molecule has 0 spiro atoms. The first kappa shape index (κ1) is 21.5. The molecule has 1 aliphatic rings. The van der Waals surface area contributed by atoms with E-state index in [-0.39, 0.29) is 11.1 Å². The van der Waals surface area contributed by atoms with Gasteiger partial charge >= 0.3 is 0 Å². The molecule has 0 bridgehead atoms. The molecule has 0 atom stereocenters. The number of imide groups is 1. The highest BCUT2D eigenvalue weighted by molar-refractivity contribution is 9.10. The van der Waals surface area contributed by atoms with Crippen molar-refractivity contribution in [2.75, 3.05) is 19.8 Å². The monoisotopic (exact) mass is 475 g/mol. The van der Waals surface area contributed by atoms with Gasteiger partial charge in [-0.2, -0.15) is 0 Å². The standard InChI is InChI=1S/C22H22BrNO4S/c1-3-27-18-14-19(28-4-2)17(23)12-16(18)13-20-21(25)24(22(26)29-20)11-10-15-8-6-5-7-9-15/h5-9,12-14H,3-4,10-11H2,1-2H3/b20-13-. The average Bonchev–Trinajstić information content (AvgIpc) is 2.97. The molecule has 1 fully saturated rings. The van der Waals surface area contributed by atoms with E-state index in [1.807, 2.05) is 50.2 Å². The zero-order valence-corrected chi connectivity index (χ0v) is 18.7. The summed E-state index contributed by atoms with van der Waals surface area (Å²) in [6, 6.07) is 13.4. The zero-order valence-electron chi connectivity index (χ0n) is 16.3. The van der Waals surface area contributed by atoms with Gasteiger partial charge in [0, 0.05) is 18.2 Å². The van der Waals surface area contributed by atoms with E-state index >= 15 is 0 Å². The lowest BCUT2D eigenvalue weighted by molar-refractivity contribution is -0.122. The number of hydrogen-bond donors (Lipinski definition) is 0. The molecule has 1 saturated heterocycles. The minimum atomic E-state index is -0.275. The van der Waals surface area contributed by atoms with Crippen molar-refractivity contribution in [1.29, 1.82) is 0 Å². The van der Waals surface area contributed by atoms with Crippen LogP contribution in [0.1, 0.15) is 25.0 Å². The van der Waals surface area contributed by atoms with Crippen LogP contribution >= 0.6 is 27.7 Å². The van der Waals surface area contributed by atoms with E-state index in [1.165, 1.54) is 4.90 Å². The molecule has 1 heterocycles. The van der Waals surface area contributed by atoms with Gasteiger partial charge < -0.3 is 9.47 Å². The Morgan fingerprint density at radius 1 is 1.03 bits per heavy atom. The van der Waals surface area contributed by atoms with Crippen molar-refractivity contribution in [2.45, 2.75) is 20.3 Å². The van der Waals surface area contributed by atoms with Crippen molar-refractivity contribution >= 4 is 44.9 Å². The number of hydrogen-bond acceptors (Lipinski definition) is 5. The van der Waals surface area contributed by atoms with Gasteiger partial charge in [0.1, 0.15) is 11.5 Å². The predicted molar refractivity (Wildman–Crippen MR) is 119 cm³/mol. The number of benzene rings is 2. The van der Waals surface area contributed by atoms with Gasteiger partial charge in [-0.05, 0) is 65.7 Å². The quantitative estimate of drug-likeness (QED) is 0.470. The number of nitrogens with zero attached hydrogens (tertiary/aromatic N) is 1. The van der Waals surface area contributed by atoms with Crippen molar-refractivity contribution in [3.05, 3.63) is 63.0 Å². The van der Waals surface area contributed by atoms with Crippen molar-refractivity contribution < 1.29 is 19.1 Å².